The first kappa shape index (κ1) is 16.7. The van der Waals surface area contributed by atoms with Gasteiger partial charge in [0.25, 0.3) is 0 Å². The van der Waals surface area contributed by atoms with Gasteiger partial charge < -0.3 is 10.2 Å². The maximum atomic E-state index is 13.9. The Labute approximate surface area is 148 Å². The summed E-state index contributed by atoms with van der Waals surface area (Å²) in [7, 11) is 0. The minimum absolute atomic E-state index is 0.0293. The Morgan fingerprint density at radius 2 is 1.92 bits per heavy atom. The third-order valence-electron chi connectivity index (χ3n) is 3.83. The average Bonchev–Trinajstić information content (AvgIpc) is 2.93. The SMILES string of the molecule is O=C(Nc1ccc(Cl)c(Cl)c1)[C@H]1CC(=O)N(c2ccccc2F)C1. The number of amides is 2. The van der Waals surface area contributed by atoms with E-state index in [0.29, 0.717) is 15.7 Å². The molecular weight excluding hydrogens is 354 g/mol. The number of hydrogen-bond acceptors (Lipinski definition) is 2. The number of benzene rings is 2. The van der Waals surface area contributed by atoms with Crippen molar-refractivity contribution in [1.82, 2.24) is 0 Å². The predicted octanol–water partition coefficient (Wildman–Crippen LogP) is 4.12. The number of carbonyl (C=O) groups excluding carboxylic acids is 2. The van der Waals surface area contributed by atoms with Crippen LogP contribution in [0.15, 0.2) is 42.5 Å². The van der Waals surface area contributed by atoms with E-state index in [1.807, 2.05) is 0 Å². The number of carbonyl (C=O) groups is 2. The third kappa shape index (κ3) is 3.37. The molecule has 124 valence electrons. The molecule has 24 heavy (non-hydrogen) atoms. The van der Waals surface area contributed by atoms with Crippen LogP contribution >= 0.6 is 23.2 Å². The van der Waals surface area contributed by atoms with Gasteiger partial charge in [0, 0.05) is 18.7 Å². The third-order valence-corrected chi connectivity index (χ3v) is 4.57. The molecule has 2 amide bonds. The molecule has 3 rings (SSSR count). The van der Waals surface area contributed by atoms with E-state index in [1.54, 1.807) is 24.3 Å². The molecule has 2 aromatic carbocycles. The maximum absolute atomic E-state index is 13.9. The van der Waals surface area contributed by atoms with E-state index in [4.69, 9.17) is 23.2 Å². The quantitative estimate of drug-likeness (QED) is 0.887. The minimum Gasteiger partial charge on any atom is -0.326 e. The largest absolute Gasteiger partial charge is 0.326 e. The summed E-state index contributed by atoms with van der Waals surface area (Å²) in [5, 5.41) is 3.41. The Morgan fingerprint density at radius 1 is 1.17 bits per heavy atom. The standard InChI is InChI=1S/C17H13Cl2FN2O2/c18-12-6-5-11(8-13(12)19)21-17(24)10-7-16(23)22(9-10)15-4-2-1-3-14(15)20/h1-6,8,10H,7,9H2,(H,21,24)/t10-/m0/s1. The van der Waals surface area contributed by atoms with Crippen molar-refractivity contribution in [3.05, 3.63) is 58.3 Å². The smallest absolute Gasteiger partial charge is 0.229 e. The molecule has 0 aliphatic carbocycles. The molecular formula is C17H13Cl2FN2O2. The molecule has 1 N–H and O–H groups in total. The van der Waals surface area contributed by atoms with E-state index in [2.05, 4.69) is 5.32 Å². The summed E-state index contributed by atoms with van der Waals surface area (Å²) in [6, 6.07) is 10.7. The number of anilines is 2. The van der Waals surface area contributed by atoms with Crippen LogP contribution in [0.2, 0.25) is 10.0 Å². The van der Waals surface area contributed by atoms with E-state index in [0.717, 1.165) is 0 Å². The highest BCUT2D eigenvalue weighted by molar-refractivity contribution is 6.42. The van der Waals surface area contributed by atoms with Gasteiger partial charge in [-0.15, -0.1) is 0 Å². The molecule has 1 saturated heterocycles. The van der Waals surface area contributed by atoms with Gasteiger partial charge in [0.15, 0.2) is 0 Å². The zero-order valence-corrected chi connectivity index (χ0v) is 13.9. The summed E-state index contributed by atoms with van der Waals surface area (Å²) < 4.78 is 13.9. The second-order valence-corrected chi connectivity index (χ2v) is 6.29. The van der Waals surface area contributed by atoms with Crippen LogP contribution in [0.1, 0.15) is 6.42 Å². The molecule has 2 aromatic rings. The Hall–Kier alpha value is -2.11. The highest BCUT2D eigenvalue weighted by Crippen LogP contribution is 2.29. The van der Waals surface area contributed by atoms with Gasteiger partial charge in [-0.25, -0.2) is 4.39 Å². The van der Waals surface area contributed by atoms with E-state index in [1.165, 1.54) is 23.1 Å². The Balaban J connectivity index is 1.72. The maximum Gasteiger partial charge on any atom is 0.229 e. The van der Waals surface area contributed by atoms with Gasteiger partial charge in [-0.2, -0.15) is 0 Å². The fourth-order valence-electron chi connectivity index (χ4n) is 2.60. The lowest BCUT2D eigenvalue weighted by atomic mass is 10.1. The average molecular weight is 367 g/mol. The number of rotatable bonds is 3. The molecule has 1 heterocycles. The first-order chi connectivity index (χ1) is 11.5. The summed E-state index contributed by atoms with van der Waals surface area (Å²) in [4.78, 5) is 25.8. The van der Waals surface area contributed by atoms with Crippen LogP contribution in [-0.4, -0.2) is 18.4 Å². The van der Waals surface area contributed by atoms with Crippen molar-refractivity contribution in [1.29, 1.82) is 0 Å². The monoisotopic (exact) mass is 366 g/mol. The molecule has 0 spiro atoms. The van der Waals surface area contributed by atoms with Gasteiger partial charge in [0.05, 0.1) is 21.7 Å². The number of nitrogens with zero attached hydrogens (tertiary/aromatic N) is 1. The zero-order valence-electron chi connectivity index (χ0n) is 12.4. The number of halogens is 3. The van der Waals surface area contributed by atoms with Gasteiger partial charge in [-0.05, 0) is 30.3 Å². The van der Waals surface area contributed by atoms with Crippen LogP contribution in [0.4, 0.5) is 15.8 Å². The molecule has 0 aromatic heterocycles. The normalized spacial score (nSPS) is 17.2. The Kier molecular flexibility index (Phi) is 4.73. The molecule has 4 nitrogen and oxygen atoms in total. The van der Waals surface area contributed by atoms with Crippen molar-refractivity contribution >= 4 is 46.4 Å². The lowest BCUT2D eigenvalue weighted by molar-refractivity contribution is -0.122. The first-order valence-electron chi connectivity index (χ1n) is 7.26. The van der Waals surface area contributed by atoms with Crippen molar-refractivity contribution in [2.75, 3.05) is 16.8 Å². The van der Waals surface area contributed by atoms with Crippen LogP contribution in [-0.2, 0) is 9.59 Å². The van der Waals surface area contributed by atoms with Crippen molar-refractivity contribution in [3.63, 3.8) is 0 Å². The van der Waals surface area contributed by atoms with Crippen molar-refractivity contribution in [2.45, 2.75) is 6.42 Å². The van der Waals surface area contributed by atoms with Crippen LogP contribution in [0.3, 0.4) is 0 Å². The van der Waals surface area contributed by atoms with E-state index in [-0.39, 0.29) is 30.5 Å². The highest BCUT2D eigenvalue weighted by Gasteiger charge is 2.36. The van der Waals surface area contributed by atoms with Gasteiger partial charge in [0.2, 0.25) is 11.8 Å². The van der Waals surface area contributed by atoms with Gasteiger partial charge >= 0.3 is 0 Å². The van der Waals surface area contributed by atoms with Gasteiger partial charge in [-0.1, -0.05) is 35.3 Å². The van der Waals surface area contributed by atoms with Crippen molar-refractivity contribution in [3.8, 4) is 0 Å². The molecule has 1 aliphatic heterocycles. The molecule has 0 unspecified atom stereocenters. The minimum atomic E-state index is -0.563. The Bertz CT molecular complexity index is 813. The summed E-state index contributed by atoms with van der Waals surface area (Å²) in [6.07, 6.45) is 0.0293. The second kappa shape index (κ2) is 6.79. The summed E-state index contributed by atoms with van der Waals surface area (Å²) in [5.74, 6) is -1.65. The molecule has 1 atom stereocenters. The lowest BCUT2D eigenvalue weighted by Crippen LogP contribution is -2.28. The van der Waals surface area contributed by atoms with Crippen LogP contribution in [0.25, 0.3) is 0 Å². The zero-order chi connectivity index (χ0) is 17.3. The fourth-order valence-corrected chi connectivity index (χ4v) is 2.90. The topological polar surface area (TPSA) is 49.4 Å². The molecule has 0 bridgehead atoms. The summed E-state index contributed by atoms with van der Waals surface area (Å²) >= 11 is 11.7. The summed E-state index contributed by atoms with van der Waals surface area (Å²) in [6.45, 7) is 0.132. The lowest BCUT2D eigenvalue weighted by Gasteiger charge is -2.17. The second-order valence-electron chi connectivity index (χ2n) is 5.47. The van der Waals surface area contributed by atoms with Crippen LogP contribution in [0, 0.1) is 11.7 Å². The molecule has 0 saturated carbocycles. The van der Waals surface area contributed by atoms with Gasteiger partial charge in [0.1, 0.15) is 5.82 Å². The van der Waals surface area contributed by atoms with E-state index < -0.39 is 11.7 Å². The van der Waals surface area contributed by atoms with E-state index in [9.17, 15) is 14.0 Å². The molecule has 0 radical (unpaired) electrons. The van der Waals surface area contributed by atoms with Crippen LogP contribution < -0.4 is 10.2 Å². The van der Waals surface area contributed by atoms with Crippen molar-refractivity contribution in [2.24, 2.45) is 5.92 Å². The first-order valence-corrected chi connectivity index (χ1v) is 8.02. The van der Waals surface area contributed by atoms with Gasteiger partial charge in [-0.3, -0.25) is 9.59 Å². The number of nitrogens with one attached hydrogen (secondary N) is 1. The number of hydrogen-bond donors (Lipinski definition) is 1. The molecule has 1 fully saturated rings. The highest BCUT2D eigenvalue weighted by atomic mass is 35.5. The fraction of sp³-hybridized carbons (Fsp3) is 0.176. The number of para-hydroxylation sites is 1. The molecule has 1 aliphatic rings. The molecule has 7 heteroatoms. The predicted molar refractivity (Wildman–Crippen MR) is 92.0 cm³/mol. The summed E-state index contributed by atoms with van der Waals surface area (Å²) in [5.41, 5.74) is 0.679. The van der Waals surface area contributed by atoms with E-state index >= 15 is 0 Å². The van der Waals surface area contributed by atoms with Crippen LogP contribution in [0.5, 0.6) is 0 Å². The van der Waals surface area contributed by atoms with Crippen molar-refractivity contribution < 1.29 is 14.0 Å². The Morgan fingerprint density at radius 3 is 2.62 bits per heavy atom.